The molecule has 20 heteroatoms. The summed E-state index contributed by atoms with van der Waals surface area (Å²) in [7, 11) is 0. The van der Waals surface area contributed by atoms with Crippen LogP contribution in [0.4, 0.5) is 34.1 Å². The molecule has 4 N–H and O–H groups in total. The largest absolute Gasteiger partial charge is 0.324 e. The maximum absolute atomic E-state index is 13.4. The van der Waals surface area contributed by atoms with Crippen molar-refractivity contribution in [1.82, 2.24) is 0 Å². The summed E-state index contributed by atoms with van der Waals surface area (Å²) in [5.41, 5.74) is 2.92. The van der Waals surface area contributed by atoms with Crippen LogP contribution in [0.5, 0.6) is 0 Å². The summed E-state index contributed by atoms with van der Waals surface area (Å²) in [6.07, 6.45) is 1.22. The van der Waals surface area contributed by atoms with Crippen molar-refractivity contribution in [1.29, 1.82) is 0 Å². The molecule has 0 aliphatic heterocycles. The zero-order chi connectivity index (χ0) is 46.5. The summed E-state index contributed by atoms with van der Waals surface area (Å²) in [5, 5.41) is 25.8. The second kappa shape index (κ2) is 23.3. The van der Waals surface area contributed by atoms with Crippen LogP contribution in [0.2, 0.25) is 20.1 Å². The van der Waals surface area contributed by atoms with Gasteiger partial charge in [0, 0.05) is 28.8 Å². The fourth-order valence-electron chi connectivity index (χ4n) is 5.81. The Morgan fingerprint density at radius 3 is 1.33 bits per heavy atom. The molecule has 0 saturated carbocycles. The van der Waals surface area contributed by atoms with Crippen molar-refractivity contribution in [3.05, 3.63) is 139 Å². The van der Waals surface area contributed by atoms with Gasteiger partial charge in [-0.2, -0.15) is 20.5 Å². The first kappa shape index (κ1) is 49.3. The fraction of sp³-hybridized carbons (Fsp3) is 0.182. The predicted molar refractivity (Wildman–Crippen MR) is 252 cm³/mol. The number of hydrogen-bond acceptors (Lipinski definition) is 10. The summed E-state index contributed by atoms with van der Waals surface area (Å²) in [5.74, 6) is -3.52. The van der Waals surface area contributed by atoms with Crippen LogP contribution in [0.25, 0.3) is 0 Å². The summed E-state index contributed by atoms with van der Waals surface area (Å²) in [4.78, 5) is 78.0. The number of carbonyl (C=O) groups is 6. The van der Waals surface area contributed by atoms with E-state index < -0.39 is 47.3 Å². The van der Waals surface area contributed by atoms with Crippen LogP contribution in [-0.4, -0.2) is 59.0 Å². The van der Waals surface area contributed by atoms with Gasteiger partial charge in [-0.25, -0.2) is 0 Å². The molecule has 0 spiro atoms. The number of Topliss-reactive ketones (excluding diaryl/α,β-unsaturated/α-hetero) is 2. The van der Waals surface area contributed by atoms with E-state index in [2.05, 4.69) is 41.7 Å². The van der Waals surface area contributed by atoms with Crippen molar-refractivity contribution in [3.63, 3.8) is 0 Å². The number of anilines is 4. The average molecular weight is 986 g/mol. The molecule has 0 bridgehead atoms. The highest BCUT2D eigenvalue weighted by Crippen LogP contribution is 2.35. The van der Waals surface area contributed by atoms with Crippen LogP contribution in [0.1, 0.15) is 45.7 Å². The molecular weight excluding hydrogens is 949 g/mol. The molecule has 14 nitrogen and oxygen atoms in total. The lowest BCUT2D eigenvalue weighted by Gasteiger charge is -2.15. The molecule has 5 rings (SSSR count). The predicted octanol–water partition coefficient (Wildman–Crippen LogP) is 11.7. The number of alkyl halides is 2. The van der Waals surface area contributed by atoms with Gasteiger partial charge in [-0.05, 0) is 98.5 Å². The first-order valence-corrected chi connectivity index (χ1v) is 21.6. The van der Waals surface area contributed by atoms with Gasteiger partial charge in [0.05, 0.1) is 36.9 Å². The third-order valence-corrected chi connectivity index (χ3v) is 10.7. The highest BCUT2D eigenvalue weighted by molar-refractivity contribution is 6.41. The molecule has 0 aliphatic carbocycles. The molecule has 0 aliphatic rings. The van der Waals surface area contributed by atoms with Crippen LogP contribution in [0.3, 0.4) is 0 Å². The Labute approximate surface area is 397 Å². The average Bonchev–Trinajstić information content (AvgIpc) is 3.23. The van der Waals surface area contributed by atoms with Crippen LogP contribution in [0.15, 0.2) is 118 Å². The van der Waals surface area contributed by atoms with E-state index in [1.165, 1.54) is 48.5 Å². The molecule has 4 amide bonds. The third kappa shape index (κ3) is 13.2. The first-order chi connectivity index (χ1) is 30.6. The smallest absolute Gasteiger partial charge is 0.258 e. The molecule has 330 valence electrons. The van der Waals surface area contributed by atoms with E-state index in [1.54, 1.807) is 36.4 Å². The number of hydrogen-bond donors (Lipinski definition) is 4. The third-order valence-electron chi connectivity index (χ3n) is 8.97. The Bertz CT molecular complexity index is 2660. The van der Waals surface area contributed by atoms with Crippen molar-refractivity contribution < 1.29 is 28.8 Å². The topological polar surface area (TPSA) is 200 Å². The Kier molecular flexibility index (Phi) is 17.9. The zero-order valence-electron chi connectivity index (χ0n) is 33.7. The van der Waals surface area contributed by atoms with Crippen molar-refractivity contribution in [2.45, 2.75) is 38.8 Å². The van der Waals surface area contributed by atoms with Gasteiger partial charge in [-0.1, -0.05) is 82.8 Å². The van der Waals surface area contributed by atoms with Crippen LogP contribution < -0.4 is 21.3 Å². The number of benzene rings is 5. The van der Waals surface area contributed by atoms with E-state index in [1.807, 2.05) is 12.1 Å². The first-order valence-electron chi connectivity index (χ1n) is 19.0. The molecule has 0 fully saturated rings. The van der Waals surface area contributed by atoms with Gasteiger partial charge in [0.1, 0.15) is 11.4 Å². The minimum Gasteiger partial charge on any atom is -0.324 e. The van der Waals surface area contributed by atoms with E-state index in [4.69, 9.17) is 69.6 Å². The molecule has 0 heterocycles. The van der Waals surface area contributed by atoms with Gasteiger partial charge in [0.15, 0.2) is 11.6 Å². The molecule has 2 unspecified atom stereocenters. The highest BCUT2D eigenvalue weighted by Gasteiger charge is 2.27. The van der Waals surface area contributed by atoms with Crippen LogP contribution in [-0.2, 0) is 32.0 Å². The molecule has 64 heavy (non-hydrogen) atoms. The van der Waals surface area contributed by atoms with Gasteiger partial charge >= 0.3 is 0 Å². The van der Waals surface area contributed by atoms with Crippen molar-refractivity contribution in [2.75, 3.05) is 33.0 Å². The maximum atomic E-state index is 13.4. The number of nitrogens with zero attached hydrogens (tertiary/aromatic N) is 4. The van der Waals surface area contributed by atoms with E-state index >= 15 is 0 Å². The maximum Gasteiger partial charge on any atom is 0.258 e. The minimum atomic E-state index is -1.70. The number of halogens is 6. The number of carbonyl (C=O) groups excluding carboxylic acids is 6. The SMILES string of the molecule is CC(=O)C(N=Nc1cccc(C(=O)Nc2cccc(CCCl)c2)c1Cl)C(=O)Nc1cc(Cl)c(NC(=O)C(N=Nc2cccc(C(=O)Nc3cccc(CCCl)c3)c2Cl)C(C)=O)c(Cl)c1. The normalized spacial score (nSPS) is 12.1. The lowest BCUT2D eigenvalue weighted by molar-refractivity contribution is -0.127. The summed E-state index contributed by atoms with van der Waals surface area (Å²) in [6.45, 7) is 2.24. The lowest BCUT2D eigenvalue weighted by atomic mass is 10.1. The molecular formula is C44H36Cl6N8O6. The second-order valence-electron chi connectivity index (χ2n) is 13.7. The zero-order valence-corrected chi connectivity index (χ0v) is 38.3. The molecule has 5 aromatic rings. The minimum absolute atomic E-state index is 0.00375. The van der Waals surface area contributed by atoms with Crippen LogP contribution >= 0.6 is 69.6 Å². The Balaban J connectivity index is 1.25. The van der Waals surface area contributed by atoms with Crippen LogP contribution in [0, 0.1) is 0 Å². The summed E-state index contributed by atoms with van der Waals surface area (Å²) < 4.78 is 0. The Morgan fingerprint density at radius 2 is 0.922 bits per heavy atom. The highest BCUT2D eigenvalue weighted by atomic mass is 35.5. The van der Waals surface area contributed by atoms with Gasteiger partial charge in [0.25, 0.3) is 23.6 Å². The van der Waals surface area contributed by atoms with Crippen molar-refractivity contribution in [2.24, 2.45) is 20.5 Å². The standard InChI is InChI=1S/C44H36Cl6N8O6/c1-23(59)38(57-55-34-13-5-11-30(36(34)49)41(61)51-27-9-3-7-25(19-27)15-17-45)43(63)53-29-21-32(47)40(33(48)22-29)54-44(64)39(24(2)60)58-56-35-14-6-12-31(37(35)50)42(62)52-28-10-4-8-26(20-28)16-18-46/h3-14,19-22,38-39H,15-18H2,1-2H3,(H,51,61)(H,52,62)(H,53,63)(H,54,64). The number of aryl methyl sites for hydroxylation is 2. The van der Waals surface area contributed by atoms with E-state index in [0.29, 0.717) is 36.0 Å². The molecule has 0 radical (unpaired) electrons. The Morgan fingerprint density at radius 1 is 0.516 bits per heavy atom. The number of ketones is 2. The monoisotopic (exact) mass is 982 g/mol. The fourth-order valence-corrected chi connectivity index (χ4v) is 7.33. The number of rotatable bonds is 18. The molecule has 0 saturated heterocycles. The van der Waals surface area contributed by atoms with Gasteiger partial charge in [-0.3, -0.25) is 28.8 Å². The number of nitrogens with one attached hydrogen (secondary N) is 4. The van der Waals surface area contributed by atoms with Gasteiger partial charge in [-0.15, -0.1) is 23.2 Å². The molecule has 0 aromatic heterocycles. The summed E-state index contributed by atoms with van der Waals surface area (Å²) >= 11 is 37.7. The van der Waals surface area contributed by atoms with Crippen molar-refractivity contribution in [3.8, 4) is 0 Å². The number of amides is 4. The Hall–Kier alpha value is -5.74. The summed E-state index contributed by atoms with van der Waals surface area (Å²) in [6, 6.07) is 22.3. The molecule has 2 atom stereocenters. The number of azo groups is 2. The van der Waals surface area contributed by atoms with E-state index in [-0.39, 0.29) is 54.0 Å². The van der Waals surface area contributed by atoms with Crippen molar-refractivity contribution >= 4 is 139 Å². The second-order valence-corrected chi connectivity index (χ2v) is 16.0. The van der Waals surface area contributed by atoms with Gasteiger partial charge in [0.2, 0.25) is 12.1 Å². The van der Waals surface area contributed by atoms with Gasteiger partial charge < -0.3 is 21.3 Å². The quantitative estimate of drug-likeness (QED) is 0.0382. The van der Waals surface area contributed by atoms with E-state index in [9.17, 15) is 28.8 Å². The molecule has 5 aromatic carbocycles. The lowest BCUT2D eigenvalue weighted by Crippen LogP contribution is -2.32. The van der Waals surface area contributed by atoms with E-state index in [0.717, 1.165) is 25.0 Å².